The highest BCUT2D eigenvalue weighted by atomic mass is 28.4. The summed E-state index contributed by atoms with van der Waals surface area (Å²) in [6.07, 6.45) is 0.869. The van der Waals surface area contributed by atoms with Crippen molar-refractivity contribution in [1.82, 2.24) is 0 Å². The smallest absolute Gasteiger partial charge is 0.248 e. The van der Waals surface area contributed by atoms with Crippen molar-refractivity contribution in [1.29, 1.82) is 5.26 Å². The maximum absolute atomic E-state index is 13.2. The van der Waals surface area contributed by atoms with Gasteiger partial charge in [-0.2, -0.15) is 5.26 Å². The number of halogens is 2. The van der Waals surface area contributed by atoms with Gasteiger partial charge in [-0.3, -0.25) is 0 Å². The third kappa shape index (κ3) is 2.69. The molecule has 0 aromatic rings. The van der Waals surface area contributed by atoms with Gasteiger partial charge in [0.15, 0.2) is 8.32 Å². The van der Waals surface area contributed by atoms with E-state index in [1.807, 2.05) is 19.6 Å². The molecule has 17 heavy (non-hydrogen) atoms. The highest BCUT2D eigenvalue weighted by Crippen LogP contribution is 2.55. The van der Waals surface area contributed by atoms with Crippen LogP contribution in [0.1, 0.15) is 25.7 Å². The van der Waals surface area contributed by atoms with E-state index < -0.39 is 19.8 Å². The fraction of sp³-hybridized carbons (Fsp3) is 0.917. The molecule has 96 valence electrons. The topological polar surface area (TPSA) is 33.0 Å². The summed E-state index contributed by atoms with van der Waals surface area (Å²) in [6.45, 7) is 6.11. The molecule has 0 aromatic carbocycles. The molecular formula is C12H19F2NOSi. The van der Waals surface area contributed by atoms with Gasteiger partial charge < -0.3 is 4.43 Å². The zero-order valence-electron chi connectivity index (χ0n) is 10.6. The third-order valence-corrected chi connectivity index (χ3v) is 4.68. The average molecular weight is 259 g/mol. The molecular weight excluding hydrogens is 240 g/mol. The van der Waals surface area contributed by atoms with Crippen LogP contribution in [-0.4, -0.2) is 19.8 Å². The molecule has 2 unspecified atom stereocenters. The Hall–Kier alpha value is -0.473. The molecule has 0 radical (unpaired) electrons. The van der Waals surface area contributed by atoms with Crippen LogP contribution in [0, 0.1) is 23.2 Å². The molecule has 5 heteroatoms. The van der Waals surface area contributed by atoms with Crippen molar-refractivity contribution in [3.8, 4) is 6.07 Å². The zero-order chi connectivity index (χ0) is 12.9. The second-order valence-corrected chi connectivity index (χ2v) is 10.9. The van der Waals surface area contributed by atoms with Gasteiger partial charge in [-0.05, 0) is 44.3 Å². The van der Waals surface area contributed by atoms with Crippen molar-refractivity contribution in [2.45, 2.75) is 56.8 Å². The number of fused-ring (bicyclic) bond motifs is 1. The molecule has 0 aromatic heterocycles. The van der Waals surface area contributed by atoms with Crippen molar-refractivity contribution >= 4 is 8.32 Å². The summed E-state index contributed by atoms with van der Waals surface area (Å²) in [5, 5.41) is 9.32. The Labute approximate surface area is 102 Å². The van der Waals surface area contributed by atoms with Gasteiger partial charge >= 0.3 is 0 Å². The van der Waals surface area contributed by atoms with Gasteiger partial charge in [0.2, 0.25) is 5.92 Å². The SMILES string of the molecule is C[Si](C)(C)OC1(C#N)CC2CC(F)(F)CC2C1. The second-order valence-electron chi connectivity index (χ2n) is 6.51. The molecule has 2 nitrogen and oxygen atoms in total. The lowest BCUT2D eigenvalue weighted by Gasteiger charge is -2.31. The summed E-state index contributed by atoms with van der Waals surface area (Å²) in [6, 6.07) is 2.26. The first-order chi connectivity index (χ1) is 7.65. The van der Waals surface area contributed by atoms with E-state index in [9.17, 15) is 14.0 Å². The Kier molecular flexibility index (Phi) is 2.87. The second kappa shape index (κ2) is 3.76. The van der Waals surface area contributed by atoms with Crippen molar-refractivity contribution in [2.24, 2.45) is 11.8 Å². The Morgan fingerprint density at radius 3 is 1.94 bits per heavy atom. The van der Waals surface area contributed by atoms with E-state index in [0.29, 0.717) is 12.8 Å². The van der Waals surface area contributed by atoms with Crippen LogP contribution in [0.15, 0.2) is 0 Å². The lowest BCUT2D eigenvalue weighted by atomic mass is 9.99. The van der Waals surface area contributed by atoms with E-state index in [-0.39, 0.29) is 24.7 Å². The molecule has 0 saturated heterocycles. The quantitative estimate of drug-likeness (QED) is 0.710. The average Bonchev–Trinajstić information content (AvgIpc) is 2.51. The first-order valence-corrected chi connectivity index (χ1v) is 9.55. The van der Waals surface area contributed by atoms with E-state index >= 15 is 0 Å². The number of rotatable bonds is 2. The lowest BCUT2D eigenvalue weighted by molar-refractivity contribution is -0.00740. The van der Waals surface area contributed by atoms with Crippen molar-refractivity contribution in [3.05, 3.63) is 0 Å². The first kappa shape index (κ1) is 13.0. The van der Waals surface area contributed by atoms with Gasteiger partial charge in [-0.25, -0.2) is 8.78 Å². The van der Waals surface area contributed by atoms with E-state index in [2.05, 4.69) is 6.07 Å². The standard InChI is InChI=1S/C12H19F2NOSi/c1-17(2,3)16-11(8-15)4-9-6-12(13,14)7-10(9)5-11/h9-10H,4-7H2,1-3H3. The predicted molar refractivity (Wildman–Crippen MR) is 63.2 cm³/mol. The summed E-state index contributed by atoms with van der Waals surface area (Å²) in [5.41, 5.74) is -0.781. The first-order valence-electron chi connectivity index (χ1n) is 6.14. The Morgan fingerprint density at radius 2 is 1.59 bits per heavy atom. The minimum Gasteiger partial charge on any atom is -0.400 e. The van der Waals surface area contributed by atoms with Crippen molar-refractivity contribution in [2.75, 3.05) is 0 Å². The summed E-state index contributed by atoms with van der Waals surface area (Å²) < 4.78 is 32.5. The van der Waals surface area contributed by atoms with Crippen LogP contribution >= 0.6 is 0 Å². The normalized spacial score (nSPS) is 40.0. The Balaban J connectivity index is 2.10. The van der Waals surface area contributed by atoms with Gasteiger partial charge in [0.05, 0.1) is 6.07 Å². The summed E-state index contributed by atoms with van der Waals surface area (Å²) >= 11 is 0. The minimum absolute atomic E-state index is 0.0269. The van der Waals surface area contributed by atoms with Crippen LogP contribution in [0.3, 0.4) is 0 Å². The van der Waals surface area contributed by atoms with Crippen molar-refractivity contribution < 1.29 is 13.2 Å². The minimum atomic E-state index is -2.52. The molecule has 0 spiro atoms. The van der Waals surface area contributed by atoms with Crippen LogP contribution in [0.2, 0.25) is 19.6 Å². The largest absolute Gasteiger partial charge is 0.400 e. The Morgan fingerprint density at radius 1 is 1.12 bits per heavy atom. The monoisotopic (exact) mass is 259 g/mol. The Bertz CT molecular complexity index is 342. The van der Waals surface area contributed by atoms with Gasteiger partial charge in [0, 0.05) is 12.8 Å². The maximum Gasteiger partial charge on any atom is 0.248 e. The van der Waals surface area contributed by atoms with E-state index in [1.54, 1.807) is 0 Å². The fourth-order valence-electron chi connectivity index (χ4n) is 3.38. The van der Waals surface area contributed by atoms with E-state index in [4.69, 9.17) is 4.43 Å². The summed E-state index contributed by atoms with van der Waals surface area (Å²) in [7, 11) is -1.81. The van der Waals surface area contributed by atoms with Crippen molar-refractivity contribution in [3.63, 3.8) is 0 Å². The molecule has 0 N–H and O–H groups in total. The van der Waals surface area contributed by atoms with E-state index in [0.717, 1.165) is 0 Å². The van der Waals surface area contributed by atoms with E-state index in [1.165, 1.54) is 0 Å². The number of nitriles is 1. The molecule has 2 aliphatic rings. The van der Waals surface area contributed by atoms with Crippen LogP contribution in [0.5, 0.6) is 0 Å². The molecule has 2 aliphatic carbocycles. The number of alkyl halides is 2. The van der Waals surface area contributed by atoms with Crippen LogP contribution < -0.4 is 0 Å². The van der Waals surface area contributed by atoms with Gasteiger partial charge in [0.1, 0.15) is 5.60 Å². The number of nitrogens with zero attached hydrogens (tertiary/aromatic N) is 1. The van der Waals surface area contributed by atoms with Gasteiger partial charge in [-0.15, -0.1) is 0 Å². The fourth-order valence-corrected chi connectivity index (χ4v) is 4.76. The molecule has 2 fully saturated rings. The van der Waals surface area contributed by atoms with Crippen LogP contribution in [-0.2, 0) is 4.43 Å². The van der Waals surface area contributed by atoms with Gasteiger partial charge in [0.25, 0.3) is 0 Å². The predicted octanol–water partition coefficient (Wildman–Crippen LogP) is 3.56. The highest BCUT2D eigenvalue weighted by molar-refractivity contribution is 6.69. The lowest BCUT2D eigenvalue weighted by Crippen LogP contribution is -2.40. The maximum atomic E-state index is 13.2. The zero-order valence-corrected chi connectivity index (χ0v) is 11.6. The molecule has 0 bridgehead atoms. The van der Waals surface area contributed by atoms with Crippen LogP contribution in [0.25, 0.3) is 0 Å². The van der Waals surface area contributed by atoms with Gasteiger partial charge in [-0.1, -0.05) is 0 Å². The molecule has 0 aliphatic heterocycles. The molecule has 0 heterocycles. The molecule has 0 amide bonds. The third-order valence-electron chi connectivity index (χ3n) is 3.68. The molecule has 2 rings (SSSR count). The number of hydrogen-bond acceptors (Lipinski definition) is 2. The molecule has 2 saturated carbocycles. The summed E-state index contributed by atoms with van der Waals surface area (Å²) in [5.74, 6) is -2.57. The number of hydrogen-bond donors (Lipinski definition) is 0. The van der Waals surface area contributed by atoms with Crippen LogP contribution in [0.4, 0.5) is 8.78 Å². The summed E-state index contributed by atoms with van der Waals surface area (Å²) in [4.78, 5) is 0. The highest BCUT2D eigenvalue weighted by Gasteiger charge is 2.57. The molecule has 2 atom stereocenters.